The molecule has 1 aliphatic rings. The van der Waals surface area contributed by atoms with Gasteiger partial charge in [-0.3, -0.25) is 0 Å². The molecule has 12 heavy (non-hydrogen) atoms. The SMILES string of the molecule is CCOC(OCC)C1CC1(C)C. The van der Waals surface area contributed by atoms with E-state index in [1.165, 1.54) is 6.42 Å². The van der Waals surface area contributed by atoms with Crippen molar-refractivity contribution in [2.45, 2.75) is 40.4 Å². The minimum absolute atomic E-state index is 0.0370. The fraction of sp³-hybridized carbons (Fsp3) is 1.00. The molecule has 1 atom stereocenters. The highest BCUT2D eigenvalue weighted by atomic mass is 16.7. The smallest absolute Gasteiger partial charge is 0.160 e. The van der Waals surface area contributed by atoms with Crippen LogP contribution in [0.2, 0.25) is 0 Å². The van der Waals surface area contributed by atoms with Gasteiger partial charge in [0.25, 0.3) is 0 Å². The summed E-state index contributed by atoms with van der Waals surface area (Å²) in [5, 5.41) is 0. The summed E-state index contributed by atoms with van der Waals surface area (Å²) in [7, 11) is 0. The molecule has 0 aromatic rings. The number of rotatable bonds is 5. The largest absolute Gasteiger partial charge is 0.353 e. The van der Waals surface area contributed by atoms with Crippen LogP contribution in [0, 0.1) is 11.3 Å². The van der Waals surface area contributed by atoms with Crippen LogP contribution in [0.25, 0.3) is 0 Å². The van der Waals surface area contributed by atoms with Gasteiger partial charge in [-0.25, -0.2) is 0 Å². The van der Waals surface area contributed by atoms with Crippen molar-refractivity contribution in [3.8, 4) is 0 Å². The highest BCUT2D eigenvalue weighted by Crippen LogP contribution is 2.54. The van der Waals surface area contributed by atoms with E-state index in [1.807, 2.05) is 13.8 Å². The summed E-state index contributed by atoms with van der Waals surface area (Å²) in [6.45, 7) is 10.1. The maximum Gasteiger partial charge on any atom is 0.160 e. The van der Waals surface area contributed by atoms with E-state index in [4.69, 9.17) is 9.47 Å². The van der Waals surface area contributed by atoms with Crippen LogP contribution in [0.3, 0.4) is 0 Å². The number of hydrogen-bond donors (Lipinski definition) is 0. The Kier molecular flexibility index (Phi) is 3.13. The van der Waals surface area contributed by atoms with Gasteiger partial charge >= 0.3 is 0 Å². The molecule has 0 aromatic carbocycles. The van der Waals surface area contributed by atoms with Crippen molar-refractivity contribution in [3.63, 3.8) is 0 Å². The van der Waals surface area contributed by atoms with E-state index in [2.05, 4.69) is 13.8 Å². The van der Waals surface area contributed by atoms with Crippen LogP contribution in [0.4, 0.5) is 0 Å². The van der Waals surface area contributed by atoms with Crippen molar-refractivity contribution in [2.24, 2.45) is 11.3 Å². The lowest BCUT2D eigenvalue weighted by atomic mass is 10.1. The first-order valence-corrected chi connectivity index (χ1v) is 4.85. The van der Waals surface area contributed by atoms with E-state index >= 15 is 0 Å². The van der Waals surface area contributed by atoms with Gasteiger partial charge in [0.2, 0.25) is 0 Å². The first-order valence-electron chi connectivity index (χ1n) is 4.85. The molecule has 0 aromatic heterocycles. The van der Waals surface area contributed by atoms with Crippen molar-refractivity contribution in [1.29, 1.82) is 0 Å². The molecule has 1 saturated carbocycles. The van der Waals surface area contributed by atoms with Gasteiger partial charge in [0.1, 0.15) is 0 Å². The monoisotopic (exact) mass is 172 g/mol. The molecular formula is C10H20O2. The molecule has 0 amide bonds. The third-order valence-electron chi connectivity index (χ3n) is 2.58. The lowest BCUT2D eigenvalue weighted by Crippen LogP contribution is -2.22. The van der Waals surface area contributed by atoms with Crippen molar-refractivity contribution in [3.05, 3.63) is 0 Å². The Bertz CT molecular complexity index is 137. The van der Waals surface area contributed by atoms with Gasteiger partial charge in [-0.05, 0) is 25.7 Å². The van der Waals surface area contributed by atoms with E-state index in [0.717, 1.165) is 13.2 Å². The Hall–Kier alpha value is -0.0800. The number of hydrogen-bond acceptors (Lipinski definition) is 2. The molecule has 2 heteroatoms. The minimum atomic E-state index is 0.0370. The molecular weight excluding hydrogens is 152 g/mol. The summed E-state index contributed by atoms with van der Waals surface area (Å²) >= 11 is 0. The van der Waals surface area contributed by atoms with Crippen LogP contribution in [0.5, 0.6) is 0 Å². The summed E-state index contributed by atoms with van der Waals surface area (Å²) in [4.78, 5) is 0. The lowest BCUT2D eigenvalue weighted by molar-refractivity contribution is -0.153. The first-order chi connectivity index (χ1) is 5.61. The molecule has 1 unspecified atom stereocenters. The molecule has 1 rings (SSSR count). The fourth-order valence-electron chi connectivity index (χ4n) is 1.58. The molecule has 0 N–H and O–H groups in total. The fourth-order valence-corrected chi connectivity index (χ4v) is 1.58. The van der Waals surface area contributed by atoms with Crippen LogP contribution in [-0.4, -0.2) is 19.5 Å². The third-order valence-corrected chi connectivity index (χ3v) is 2.58. The van der Waals surface area contributed by atoms with Gasteiger partial charge in [-0.15, -0.1) is 0 Å². The maximum atomic E-state index is 5.52. The topological polar surface area (TPSA) is 18.5 Å². The maximum absolute atomic E-state index is 5.52. The Balaban J connectivity index is 2.34. The normalized spacial score (nSPS) is 26.2. The van der Waals surface area contributed by atoms with Crippen molar-refractivity contribution in [2.75, 3.05) is 13.2 Å². The second kappa shape index (κ2) is 3.75. The van der Waals surface area contributed by atoms with E-state index in [1.54, 1.807) is 0 Å². The Morgan fingerprint density at radius 2 is 1.67 bits per heavy atom. The molecule has 0 heterocycles. The highest BCUT2D eigenvalue weighted by Gasteiger charge is 2.51. The van der Waals surface area contributed by atoms with E-state index in [-0.39, 0.29) is 6.29 Å². The van der Waals surface area contributed by atoms with Gasteiger partial charge < -0.3 is 9.47 Å². The molecule has 0 aliphatic heterocycles. The first kappa shape index (κ1) is 10.0. The summed E-state index contributed by atoms with van der Waals surface area (Å²) in [6.07, 6.45) is 1.27. The van der Waals surface area contributed by atoms with Crippen molar-refractivity contribution >= 4 is 0 Å². The zero-order chi connectivity index (χ0) is 9.19. The second-order valence-corrected chi connectivity index (χ2v) is 4.08. The highest BCUT2D eigenvalue weighted by molar-refractivity contribution is 4.97. The molecule has 0 bridgehead atoms. The molecule has 72 valence electrons. The van der Waals surface area contributed by atoms with Crippen LogP contribution in [-0.2, 0) is 9.47 Å². The predicted octanol–water partition coefficient (Wildman–Crippen LogP) is 2.43. The van der Waals surface area contributed by atoms with Crippen LogP contribution >= 0.6 is 0 Å². The average Bonchev–Trinajstić information content (AvgIpc) is 2.60. The van der Waals surface area contributed by atoms with Crippen LogP contribution in [0.15, 0.2) is 0 Å². The van der Waals surface area contributed by atoms with E-state index in [9.17, 15) is 0 Å². The summed E-state index contributed by atoms with van der Waals surface area (Å²) < 4.78 is 11.0. The van der Waals surface area contributed by atoms with Crippen molar-refractivity contribution in [1.82, 2.24) is 0 Å². The molecule has 1 aliphatic carbocycles. The molecule has 0 radical (unpaired) electrons. The van der Waals surface area contributed by atoms with Crippen LogP contribution < -0.4 is 0 Å². The van der Waals surface area contributed by atoms with Crippen molar-refractivity contribution < 1.29 is 9.47 Å². The van der Waals surface area contributed by atoms with Gasteiger partial charge in [0.05, 0.1) is 0 Å². The molecule has 0 saturated heterocycles. The van der Waals surface area contributed by atoms with E-state index < -0.39 is 0 Å². The second-order valence-electron chi connectivity index (χ2n) is 4.08. The lowest BCUT2D eigenvalue weighted by Gasteiger charge is -2.18. The molecule has 1 fully saturated rings. The minimum Gasteiger partial charge on any atom is -0.353 e. The van der Waals surface area contributed by atoms with Gasteiger partial charge in [-0.1, -0.05) is 13.8 Å². The quantitative estimate of drug-likeness (QED) is 0.593. The Morgan fingerprint density at radius 3 is 1.92 bits per heavy atom. The Labute approximate surface area is 75.2 Å². The number of ether oxygens (including phenoxy) is 2. The molecule has 2 nitrogen and oxygen atoms in total. The predicted molar refractivity (Wildman–Crippen MR) is 48.9 cm³/mol. The third kappa shape index (κ3) is 2.20. The molecule has 0 spiro atoms. The van der Waals surface area contributed by atoms with Gasteiger partial charge in [0, 0.05) is 19.1 Å². The van der Waals surface area contributed by atoms with Gasteiger partial charge in [-0.2, -0.15) is 0 Å². The van der Waals surface area contributed by atoms with Crippen LogP contribution in [0.1, 0.15) is 34.1 Å². The average molecular weight is 172 g/mol. The Morgan fingerprint density at radius 1 is 1.25 bits per heavy atom. The summed E-state index contributed by atoms with van der Waals surface area (Å²) in [6, 6.07) is 0. The summed E-state index contributed by atoms with van der Waals surface area (Å²) in [5.41, 5.74) is 0.439. The van der Waals surface area contributed by atoms with Gasteiger partial charge in [0.15, 0.2) is 6.29 Å². The summed E-state index contributed by atoms with van der Waals surface area (Å²) in [5.74, 6) is 0.609. The standard InChI is InChI=1S/C10H20O2/c1-5-11-9(12-6-2)8-7-10(8,3)4/h8-9H,5-7H2,1-4H3. The van der Waals surface area contributed by atoms with E-state index in [0.29, 0.717) is 11.3 Å². The zero-order valence-corrected chi connectivity index (χ0v) is 8.59. The zero-order valence-electron chi connectivity index (χ0n) is 8.59.